The van der Waals surface area contributed by atoms with Crippen LogP contribution in [0.25, 0.3) is 0 Å². The molecule has 2 rings (SSSR count). The molecule has 31 heavy (non-hydrogen) atoms. The molecule has 0 radical (unpaired) electrons. The predicted octanol–water partition coefficient (Wildman–Crippen LogP) is 3.89. The Labute approximate surface area is 180 Å². The highest BCUT2D eigenvalue weighted by Crippen LogP contribution is 2.38. The highest BCUT2D eigenvalue weighted by molar-refractivity contribution is 5.85. The number of ether oxygens (including phenoxy) is 2. The number of carboxylic acids is 1. The molecule has 0 aromatic heterocycles. The van der Waals surface area contributed by atoms with Crippen LogP contribution in [-0.2, 0) is 9.53 Å². The summed E-state index contributed by atoms with van der Waals surface area (Å²) < 4.78 is 11.0. The summed E-state index contributed by atoms with van der Waals surface area (Å²) in [5.74, 6) is -0.570. The first kappa shape index (κ1) is 23.4. The van der Waals surface area contributed by atoms with E-state index >= 15 is 0 Å². The number of aliphatic hydroxyl groups excluding tert-OH is 1. The van der Waals surface area contributed by atoms with Crippen molar-refractivity contribution in [1.82, 2.24) is 0 Å². The molecule has 2 aromatic rings. The SMILES string of the molecule is CC(C)(/C=C/C(=O)O)[C@@H](OC(=O)Nc1ccc(C#N)cc1)c1ccc(OCCO)cc1. The Bertz CT molecular complexity index is 959. The molecule has 8 heteroatoms. The second kappa shape index (κ2) is 10.8. The van der Waals surface area contributed by atoms with Crippen LogP contribution in [0.1, 0.15) is 31.1 Å². The standard InChI is InChI=1S/C23H24N2O6/c1-23(2,12-11-20(27)28)21(17-5-9-19(10-6-17)30-14-13-26)31-22(29)25-18-7-3-16(15-24)4-8-18/h3-12,21,26H,13-14H2,1-2H3,(H,25,29)(H,27,28)/b12-11+/t21-/m0/s1. The Kier molecular flexibility index (Phi) is 8.17. The van der Waals surface area contributed by atoms with Gasteiger partial charge in [-0.1, -0.05) is 32.1 Å². The highest BCUT2D eigenvalue weighted by atomic mass is 16.6. The second-order valence-electron chi connectivity index (χ2n) is 7.23. The third-order valence-electron chi connectivity index (χ3n) is 4.36. The summed E-state index contributed by atoms with van der Waals surface area (Å²) in [5, 5.41) is 29.3. The maximum atomic E-state index is 12.6. The zero-order valence-corrected chi connectivity index (χ0v) is 17.2. The molecular formula is C23H24N2O6. The number of hydrogen-bond donors (Lipinski definition) is 3. The lowest BCUT2D eigenvalue weighted by Gasteiger charge is -2.31. The van der Waals surface area contributed by atoms with E-state index in [1.54, 1.807) is 62.4 Å². The number of carbonyl (C=O) groups excluding carboxylic acids is 1. The Balaban J connectivity index is 2.25. The third-order valence-corrected chi connectivity index (χ3v) is 4.36. The summed E-state index contributed by atoms with van der Waals surface area (Å²) in [6.45, 7) is 3.54. The van der Waals surface area contributed by atoms with E-state index in [1.807, 2.05) is 6.07 Å². The van der Waals surface area contributed by atoms with Crippen LogP contribution in [0.15, 0.2) is 60.7 Å². The van der Waals surface area contributed by atoms with E-state index in [-0.39, 0.29) is 13.2 Å². The molecular weight excluding hydrogens is 400 g/mol. The Morgan fingerprint density at radius 2 is 1.81 bits per heavy atom. The lowest BCUT2D eigenvalue weighted by atomic mass is 9.82. The van der Waals surface area contributed by atoms with Gasteiger partial charge in [-0.3, -0.25) is 5.32 Å². The average molecular weight is 424 g/mol. The first-order valence-corrected chi connectivity index (χ1v) is 9.49. The van der Waals surface area contributed by atoms with Crippen LogP contribution in [0.4, 0.5) is 10.5 Å². The second-order valence-corrected chi connectivity index (χ2v) is 7.23. The normalized spacial score (nSPS) is 12.1. The minimum atomic E-state index is -1.11. The van der Waals surface area contributed by atoms with Gasteiger partial charge in [0.2, 0.25) is 0 Å². The number of aliphatic carboxylic acids is 1. The summed E-state index contributed by atoms with van der Waals surface area (Å²) in [6, 6.07) is 15.1. The van der Waals surface area contributed by atoms with Gasteiger partial charge in [0.25, 0.3) is 0 Å². The number of carbonyl (C=O) groups is 2. The van der Waals surface area contributed by atoms with Gasteiger partial charge in [0, 0.05) is 17.2 Å². The molecule has 0 saturated heterocycles. The van der Waals surface area contributed by atoms with E-state index in [9.17, 15) is 9.59 Å². The number of benzene rings is 2. The van der Waals surface area contributed by atoms with Crippen LogP contribution < -0.4 is 10.1 Å². The molecule has 0 saturated carbocycles. The number of nitrogens with one attached hydrogen (secondary N) is 1. The van der Waals surface area contributed by atoms with Gasteiger partial charge in [-0.25, -0.2) is 9.59 Å². The fraction of sp³-hybridized carbons (Fsp3) is 0.261. The fourth-order valence-electron chi connectivity index (χ4n) is 2.81. The minimum absolute atomic E-state index is 0.115. The molecule has 0 heterocycles. The molecule has 0 unspecified atom stereocenters. The number of carboxylic acid groups (broad SMARTS) is 1. The smallest absolute Gasteiger partial charge is 0.412 e. The lowest BCUT2D eigenvalue weighted by molar-refractivity contribution is -0.131. The summed E-state index contributed by atoms with van der Waals surface area (Å²) in [7, 11) is 0. The van der Waals surface area contributed by atoms with Crippen molar-refractivity contribution in [3.63, 3.8) is 0 Å². The van der Waals surface area contributed by atoms with Crippen molar-refractivity contribution in [2.24, 2.45) is 5.41 Å². The molecule has 0 bridgehead atoms. The molecule has 0 aliphatic heterocycles. The first-order chi connectivity index (χ1) is 14.7. The van der Waals surface area contributed by atoms with Crippen LogP contribution in [0.3, 0.4) is 0 Å². The highest BCUT2D eigenvalue weighted by Gasteiger charge is 2.32. The number of aliphatic hydroxyl groups is 1. The van der Waals surface area contributed by atoms with Gasteiger partial charge in [0.05, 0.1) is 18.2 Å². The van der Waals surface area contributed by atoms with Crippen molar-refractivity contribution in [2.45, 2.75) is 20.0 Å². The molecule has 1 atom stereocenters. The van der Waals surface area contributed by atoms with Crippen molar-refractivity contribution in [1.29, 1.82) is 5.26 Å². The zero-order chi connectivity index (χ0) is 22.9. The summed E-state index contributed by atoms with van der Waals surface area (Å²) >= 11 is 0. The third kappa shape index (κ3) is 7.17. The predicted molar refractivity (Wildman–Crippen MR) is 114 cm³/mol. The zero-order valence-electron chi connectivity index (χ0n) is 17.2. The van der Waals surface area contributed by atoms with Crippen molar-refractivity contribution >= 4 is 17.7 Å². The molecule has 8 nitrogen and oxygen atoms in total. The van der Waals surface area contributed by atoms with Crippen LogP contribution in [0, 0.1) is 16.7 Å². The van der Waals surface area contributed by atoms with E-state index in [0.717, 1.165) is 6.08 Å². The summed E-state index contributed by atoms with van der Waals surface area (Å²) in [6.07, 6.45) is 0.930. The van der Waals surface area contributed by atoms with E-state index in [2.05, 4.69) is 5.32 Å². The molecule has 0 aliphatic rings. The maximum Gasteiger partial charge on any atom is 0.412 e. The van der Waals surface area contributed by atoms with Crippen LogP contribution in [0.5, 0.6) is 5.75 Å². The lowest BCUT2D eigenvalue weighted by Crippen LogP contribution is -2.27. The van der Waals surface area contributed by atoms with Crippen LogP contribution in [-0.4, -0.2) is 35.5 Å². The minimum Gasteiger partial charge on any atom is -0.491 e. The van der Waals surface area contributed by atoms with Gasteiger partial charge in [0.15, 0.2) is 0 Å². The molecule has 0 fully saturated rings. The number of hydrogen-bond acceptors (Lipinski definition) is 6. The number of amides is 1. The van der Waals surface area contributed by atoms with Crippen molar-refractivity contribution in [3.05, 3.63) is 71.8 Å². The Morgan fingerprint density at radius 3 is 2.35 bits per heavy atom. The van der Waals surface area contributed by atoms with E-state index in [1.165, 1.54) is 6.08 Å². The fourth-order valence-corrected chi connectivity index (χ4v) is 2.81. The number of rotatable bonds is 9. The van der Waals surface area contributed by atoms with Gasteiger partial charge in [-0.2, -0.15) is 5.26 Å². The monoisotopic (exact) mass is 424 g/mol. The van der Waals surface area contributed by atoms with Gasteiger partial charge in [-0.05, 0) is 42.0 Å². The number of nitrogens with zero attached hydrogens (tertiary/aromatic N) is 1. The topological polar surface area (TPSA) is 129 Å². The maximum absolute atomic E-state index is 12.6. The van der Waals surface area contributed by atoms with Crippen molar-refractivity contribution in [3.8, 4) is 11.8 Å². The van der Waals surface area contributed by atoms with Crippen molar-refractivity contribution in [2.75, 3.05) is 18.5 Å². The Hall–Kier alpha value is -3.83. The number of nitriles is 1. The quantitative estimate of drug-likeness (QED) is 0.521. The molecule has 0 spiro atoms. The summed E-state index contributed by atoms with van der Waals surface area (Å²) in [4.78, 5) is 23.6. The molecule has 162 valence electrons. The summed E-state index contributed by atoms with van der Waals surface area (Å²) in [5.41, 5.74) is 0.689. The molecule has 1 amide bonds. The molecule has 2 aromatic carbocycles. The largest absolute Gasteiger partial charge is 0.491 e. The first-order valence-electron chi connectivity index (χ1n) is 9.49. The molecule has 3 N–H and O–H groups in total. The average Bonchev–Trinajstić information content (AvgIpc) is 2.75. The van der Waals surface area contributed by atoms with E-state index in [0.29, 0.717) is 22.6 Å². The van der Waals surface area contributed by atoms with Gasteiger partial charge >= 0.3 is 12.1 Å². The van der Waals surface area contributed by atoms with E-state index in [4.69, 9.17) is 24.9 Å². The van der Waals surface area contributed by atoms with Crippen LogP contribution >= 0.6 is 0 Å². The number of anilines is 1. The van der Waals surface area contributed by atoms with Gasteiger partial charge in [-0.15, -0.1) is 0 Å². The van der Waals surface area contributed by atoms with Crippen LogP contribution in [0.2, 0.25) is 0 Å². The van der Waals surface area contributed by atoms with Gasteiger partial charge < -0.3 is 19.7 Å². The Morgan fingerprint density at radius 1 is 1.16 bits per heavy atom. The molecule has 0 aliphatic carbocycles. The van der Waals surface area contributed by atoms with Crippen molar-refractivity contribution < 1.29 is 29.3 Å². The van der Waals surface area contributed by atoms with Gasteiger partial charge in [0.1, 0.15) is 18.5 Å². The van der Waals surface area contributed by atoms with E-state index < -0.39 is 23.6 Å².